The lowest BCUT2D eigenvalue weighted by atomic mass is 9.84. The van der Waals surface area contributed by atoms with Crippen LogP contribution in [0, 0.1) is 11.3 Å². The first kappa shape index (κ1) is 48.8. The number of hydrogen-bond acceptors (Lipinski definition) is 11. The number of likely N-dealkylation sites (N-methyl/N-ethyl adjacent to an activating group) is 2. The number of methoxy groups -OCH3 is 1. The maximum absolute atomic E-state index is 14.7. The summed E-state index contributed by atoms with van der Waals surface area (Å²) < 4.78 is 14.3. The third kappa shape index (κ3) is 10.1. The molecule has 5 aromatic rings. The fourth-order valence-electron chi connectivity index (χ4n) is 10.2. The van der Waals surface area contributed by atoms with E-state index < -0.39 is 41.3 Å². The molecule has 2 N–H and O–H groups in total. The molecule has 3 aromatic heterocycles. The number of aromatic nitrogens is 3. The first-order valence-electron chi connectivity index (χ1n) is 24.0. The molecule has 6 heterocycles. The Bertz CT molecular complexity index is 2630. The molecule has 0 saturated carbocycles. The number of cyclic esters (lactones) is 1. The lowest BCUT2D eigenvalue weighted by Gasteiger charge is -2.42. The summed E-state index contributed by atoms with van der Waals surface area (Å²) in [5.41, 5.74) is 10.5. The van der Waals surface area contributed by atoms with Gasteiger partial charge in [-0.05, 0) is 81.5 Å². The number of thiazole rings is 1. The summed E-state index contributed by atoms with van der Waals surface area (Å²) in [7, 11) is 5.42. The summed E-state index contributed by atoms with van der Waals surface area (Å²) >= 11 is 1.43. The van der Waals surface area contributed by atoms with E-state index in [4.69, 9.17) is 19.4 Å². The number of pyridine rings is 1. The lowest BCUT2D eigenvalue weighted by molar-refractivity contribution is -0.155. The Morgan fingerprint density at radius 1 is 1.06 bits per heavy atom. The molecule has 0 unspecified atom stereocenters. The molecule has 5 atom stereocenters. The molecular formula is C52H67N9O6S. The van der Waals surface area contributed by atoms with Crippen LogP contribution in [0.5, 0.6) is 0 Å². The minimum Gasteiger partial charge on any atom is -0.464 e. The molecule has 2 fully saturated rings. The fourth-order valence-corrected chi connectivity index (χ4v) is 11.0. The number of rotatable bonds is 9. The van der Waals surface area contributed by atoms with Gasteiger partial charge in [0.05, 0.1) is 40.8 Å². The number of nitrogens with one attached hydrogen (secondary N) is 2. The summed E-state index contributed by atoms with van der Waals surface area (Å²) in [6.45, 7) is 15.0. The molecule has 68 heavy (non-hydrogen) atoms. The molecule has 15 nitrogen and oxygen atoms in total. The number of urea groups is 1. The fraction of sp³-hybridized carbons (Fsp3) is 0.500. The predicted molar refractivity (Wildman–Crippen MR) is 264 cm³/mol. The Balaban J connectivity index is 1.14. The Morgan fingerprint density at radius 2 is 1.84 bits per heavy atom. The van der Waals surface area contributed by atoms with Gasteiger partial charge in [-0.25, -0.2) is 15.2 Å². The van der Waals surface area contributed by atoms with Crippen molar-refractivity contribution in [1.82, 2.24) is 45.0 Å². The number of benzene rings is 2. The number of esters is 1. The van der Waals surface area contributed by atoms with Crippen molar-refractivity contribution in [3.63, 3.8) is 0 Å². The highest BCUT2D eigenvalue weighted by molar-refractivity contribution is 7.10. The standard InChI is InChI=1S/C52H67N9O6S/c1-10-60-42-21-20-35-26-37(42)38(47(60)36-18-14-22-53-45(36)33(4)66-9)28-52(5,6)31-67-50(64)39-19-15-23-61(56-39)49(63)40(27-44-54-41(35)30-68-44)55-48(62)46(32(2)3)58(8)51(65)59-25-24-57(7)43(29-59)34-16-12-11-13-17-34/h11-14,16-18,20-22,26,30,32-33,39-40,43,46,56H,10,15,19,23-25,27-29,31H2,1-9H3,(H,55,62)/t33-,39-,40-,43+,46-/m0/s1. The average molecular weight is 946 g/mol. The van der Waals surface area contributed by atoms with E-state index in [1.165, 1.54) is 21.2 Å². The van der Waals surface area contributed by atoms with E-state index >= 15 is 0 Å². The quantitative estimate of drug-likeness (QED) is 0.144. The van der Waals surface area contributed by atoms with Gasteiger partial charge in [-0.2, -0.15) is 0 Å². The van der Waals surface area contributed by atoms with Crippen LogP contribution in [-0.4, -0.2) is 130 Å². The van der Waals surface area contributed by atoms with Gasteiger partial charge >= 0.3 is 12.0 Å². The number of piperazine rings is 1. The molecule has 2 saturated heterocycles. The predicted octanol–water partition coefficient (Wildman–Crippen LogP) is 7.27. The highest BCUT2D eigenvalue weighted by Crippen LogP contribution is 2.42. The number of ether oxygens (including phenoxy) is 2. The van der Waals surface area contributed by atoms with Crippen molar-refractivity contribution >= 4 is 46.1 Å². The van der Waals surface area contributed by atoms with E-state index in [2.05, 4.69) is 84.4 Å². The third-order valence-electron chi connectivity index (χ3n) is 13.9. The van der Waals surface area contributed by atoms with Crippen LogP contribution in [0.4, 0.5) is 4.79 Å². The first-order chi connectivity index (χ1) is 32.6. The van der Waals surface area contributed by atoms with Gasteiger partial charge in [-0.3, -0.25) is 29.3 Å². The van der Waals surface area contributed by atoms with Crippen molar-refractivity contribution in [1.29, 1.82) is 0 Å². The van der Waals surface area contributed by atoms with Crippen LogP contribution >= 0.6 is 11.3 Å². The zero-order valence-electron chi connectivity index (χ0n) is 41.0. The Labute approximate surface area is 404 Å². The van der Waals surface area contributed by atoms with Gasteiger partial charge in [-0.15, -0.1) is 11.3 Å². The van der Waals surface area contributed by atoms with Crippen molar-refractivity contribution in [3.8, 4) is 22.5 Å². The molecule has 362 valence electrons. The van der Waals surface area contributed by atoms with Crippen molar-refractivity contribution in [2.45, 2.75) is 104 Å². The first-order valence-corrected chi connectivity index (χ1v) is 24.9. The second-order valence-electron chi connectivity index (χ2n) is 19.7. The van der Waals surface area contributed by atoms with Gasteiger partial charge in [0.15, 0.2) is 0 Å². The van der Waals surface area contributed by atoms with Crippen LogP contribution in [0.3, 0.4) is 0 Å². The number of hydrogen-bond donors (Lipinski definition) is 2. The van der Waals surface area contributed by atoms with Crippen LogP contribution in [0.1, 0.15) is 88.4 Å². The van der Waals surface area contributed by atoms with E-state index in [9.17, 15) is 19.2 Å². The van der Waals surface area contributed by atoms with Gasteiger partial charge in [0.25, 0.3) is 5.91 Å². The number of carbonyl (C=O) groups excluding carboxylic acids is 4. The second-order valence-corrected chi connectivity index (χ2v) is 20.6. The molecule has 3 aliphatic heterocycles. The molecule has 0 radical (unpaired) electrons. The molecule has 16 heteroatoms. The maximum Gasteiger partial charge on any atom is 0.324 e. The van der Waals surface area contributed by atoms with Gasteiger partial charge in [-0.1, -0.05) is 64.1 Å². The zero-order chi connectivity index (χ0) is 48.4. The van der Waals surface area contributed by atoms with Gasteiger partial charge in [0.1, 0.15) is 18.1 Å². The van der Waals surface area contributed by atoms with E-state index in [-0.39, 0.29) is 37.1 Å². The number of fused-ring (bicyclic) bond motifs is 6. The zero-order valence-corrected chi connectivity index (χ0v) is 41.8. The minimum absolute atomic E-state index is 0.00942. The molecule has 2 aromatic carbocycles. The van der Waals surface area contributed by atoms with Gasteiger partial charge < -0.3 is 29.2 Å². The van der Waals surface area contributed by atoms with Gasteiger partial charge in [0.2, 0.25) is 5.91 Å². The normalized spacial score (nSPS) is 21.3. The van der Waals surface area contributed by atoms with Crippen molar-refractivity contribution in [2.75, 3.05) is 54.0 Å². The Kier molecular flexibility index (Phi) is 14.7. The third-order valence-corrected chi connectivity index (χ3v) is 14.7. The Hall–Kier alpha value is -5.68. The summed E-state index contributed by atoms with van der Waals surface area (Å²) in [5.74, 6) is -1.56. The second kappa shape index (κ2) is 20.5. The van der Waals surface area contributed by atoms with Crippen LogP contribution in [-0.2, 0) is 43.2 Å². The number of carbonyl (C=O) groups is 4. The van der Waals surface area contributed by atoms with Crippen LogP contribution in [0.2, 0.25) is 0 Å². The van der Waals surface area contributed by atoms with Crippen molar-refractivity contribution < 1.29 is 28.7 Å². The maximum atomic E-state index is 14.7. The molecule has 0 spiro atoms. The van der Waals surface area contributed by atoms with Crippen LogP contribution < -0.4 is 10.7 Å². The monoisotopic (exact) mass is 945 g/mol. The van der Waals surface area contributed by atoms with E-state index in [1.54, 1.807) is 20.4 Å². The lowest BCUT2D eigenvalue weighted by Crippen LogP contribution is -2.63. The van der Waals surface area contributed by atoms with Crippen LogP contribution in [0.15, 0.2) is 72.2 Å². The molecular weight excluding hydrogens is 879 g/mol. The molecule has 6 bridgehead atoms. The highest BCUT2D eigenvalue weighted by atomic mass is 32.1. The number of hydrazine groups is 1. The average Bonchev–Trinajstić information content (AvgIpc) is 3.93. The Morgan fingerprint density at radius 3 is 2.57 bits per heavy atom. The summed E-state index contributed by atoms with van der Waals surface area (Å²) in [5, 5.41) is 8.25. The number of aryl methyl sites for hydroxylation is 1. The van der Waals surface area contributed by atoms with Crippen molar-refractivity contribution in [2.24, 2.45) is 11.3 Å². The minimum atomic E-state index is -1.06. The topological polar surface area (TPSA) is 154 Å². The van der Waals surface area contributed by atoms with E-state index in [1.807, 2.05) is 55.3 Å². The molecule has 8 rings (SSSR count). The van der Waals surface area contributed by atoms with Gasteiger partial charge in [0, 0.05) is 92.3 Å². The summed E-state index contributed by atoms with van der Waals surface area (Å²) in [4.78, 5) is 73.1. The largest absolute Gasteiger partial charge is 0.464 e. The number of nitrogens with zero attached hydrogens (tertiary/aromatic N) is 7. The van der Waals surface area contributed by atoms with Crippen LogP contribution in [0.25, 0.3) is 33.4 Å². The summed E-state index contributed by atoms with van der Waals surface area (Å²) in [6, 6.07) is 17.7. The molecule has 4 amide bonds. The highest BCUT2D eigenvalue weighted by Gasteiger charge is 2.40. The van der Waals surface area contributed by atoms with Crippen molar-refractivity contribution in [3.05, 3.63) is 94.1 Å². The SMILES string of the molecule is CCn1c(-c2cccnc2[C@H](C)OC)c2c3cc(ccc31)-c1csc(n1)C[C@H](NC(=O)[C@H](C(C)C)N(C)C(=O)N1CCN(C)[C@@H](c3ccccc3)C1)C(=O)N1CCC[C@H](N1)C(=O)OCC(C)(C)C2. The van der Waals surface area contributed by atoms with E-state index in [0.29, 0.717) is 57.0 Å². The smallest absolute Gasteiger partial charge is 0.324 e. The molecule has 0 aliphatic carbocycles. The number of amides is 4. The molecule has 3 aliphatic rings. The summed E-state index contributed by atoms with van der Waals surface area (Å²) in [6.07, 6.45) is 3.27. The van der Waals surface area contributed by atoms with E-state index in [0.717, 1.165) is 50.2 Å².